The Bertz CT molecular complexity index is 2790. The van der Waals surface area contributed by atoms with Crippen molar-refractivity contribution in [2.45, 2.75) is 0 Å². The first-order valence-corrected chi connectivity index (χ1v) is 19.2. The molecule has 0 aliphatic carbocycles. The lowest BCUT2D eigenvalue weighted by Gasteiger charge is -2.27. The van der Waals surface area contributed by atoms with Crippen molar-refractivity contribution in [2.75, 3.05) is 4.90 Å². The predicted molar refractivity (Wildman–Crippen MR) is 237 cm³/mol. The number of fused-ring (bicyclic) bond motifs is 3. The third-order valence-corrected chi connectivity index (χ3v) is 10.8. The molecule has 10 rings (SSSR count). The van der Waals surface area contributed by atoms with Gasteiger partial charge in [-0.15, -0.1) is 0 Å². The number of benzene rings is 9. The van der Waals surface area contributed by atoms with Crippen LogP contribution in [0.2, 0.25) is 0 Å². The number of hydrogen-bond donors (Lipinski definition) is 0. The Balaban J connectivity index is 0.953. The quantitative estimate of drug-likeness (QED) is 0.152. The minimum absolute atomic E-state index is 1.10. The molecule has 9 aromatic carbocycles. The zero-order chi connectivity index (χ0) is 37.3. The summed E-state index contributed by atoms with van der Waals surface area (Å²) in [7, 11) is 0. The molecule has 0 bridgehead atoms. The fourth-order valence-corrected chi connectivity index (χ4v) is 8.02. The number of aromatic nitrogens is 1. The molecular weight excluding hydrogens is 677 g/mol. The zero-order valence-electron chi connectivity index (χ0n) is 30.8. The van der Waals surface area contributed by atoms with E-state index in [1.807, 2.05) is 0 Å². The molecule has 10 aromatic rings. The molecule has 0 amide bonds. The van der Waals surface area contributed by atoms with Gasteiger partial charge in [0.1, 0.15) is 0 Å². The molecule has 0 saturated carbocycles. The fourth-order valence-electron chi connectivity index (χ4n) is 8.02. The molecule has 0 saturated heterocycles. The van der Waals surface area contributed by atoms with E-state index >= 15 is 0 Å². The second-order valence-electron chi connectivity index (χ2n) is 14.2. The Kier molecular flexibility index (Phi) is 8.55. The second kappa shape index (κ2) is 14.4. The van der Waals surface area contributed by atoms with Crippen molar-refractivity contribution in [1.82, 2.24) is 4.57 Å². The highest BCUT2D eigenvalue weighted by Gasteiger charge is 2.16. The minimum Gasteiger partial charge on any atom is -0.310 e. The van der Waals surface area contributed by atoms with E-state index in [9.17, 15) is 0 Å². The summed E-state index contributed by atoms with van der Waals surface area (Å²) in [6.07, 6.45) is 0. The van der Waals surface area contributed by atoms with Crippen molar-refractivity contribution in [1.29, 1.82) is 0 Å². The molecule has 0 aliphatic rings. The van der Waals surface area contributed by atoms with E-state index in [-0.39, 0.29) is 0 Å². The molecule has 0 unspecified atom stereocenters. The molecule has 2 nitrogen and oxygen atoms in total. The summed E-state index contributed by atoms with van der Waals surface area (Å²) in [5, 5.41) is 2.55. The summed E-state index contributed by atoms with van der Waals surface area (Å²) in [6.45, 7) is 0. The maximum atomic E-state index is 2.36. The Morgan fingerprint density at radius 3 is 1.07 bits per heavy atom. The minimum atomic E-state index is 1.10. The molecule has 264 valence electrons. The van der Waals surface area contributed by atoms with E-state index in [0.717, 1.165) is 22.7 Å². The SMILES string of the molecule is c1ccc(-c2cccc(N(c3ccc(-c4ccc(-c5ccc(-n6c7ccccc7c7ccccc76)cc5)cc4)cc3)c3cccc(-c4ccccc4)c3)c2)cc1. The van der Waals surface area contributed by atoms with Crippen LogP contribution in [-0.2, 0) is 0 Å². The molecule has 0 radical (unpaired) electrons. The predicted octanol–water partition coefficient (Wildman–Crippen LogP) is 14.9. The topological polar surface area (TPSA) is 8.17 Å². The van der Waals surface area contributed by atoms with Gasteiger partial charge in [-0.25, -0.2) is 0 Å². The van der Waals surface area contributed by atoms with Crippen LogP contribution in [0.4, 0.5) is 17.1 Å². The lowest BCUT2D eigenvalue weighted by atomic mass is 9.99. The van der Waals surface area contributed by atoms with Crippen molar-refractivity contribution in [3.8, 4) is 50.2 Å². The summed E-state index contributed by atoms with van der Waals surface area (Å²) in [6, 6.07) is 82.9. The molecule has 56 heavy (non-hydrogen) atoms. The van der Waals surface area contributed by atoms with Crippen molar-refractivity contribution < 1.29 is 0 Å². The van der Waals surface area contributed by atoms with Crippen molar-refractivity contribution >= 4 is 38.9 Å². The van der Waals surface area contributed by atoms with E-state index in [1.54, 1.807) is 0 Å². The lowest BCUT2D eigenvalue weighted by Crippen LogP contribution is -2.10. The number of hydrogen-bond acceptors (Lipinski definition) is 1. The van der Waals surface area contributed by atoms with Crippen LogP contribution in [0.5, 0.6) is 0 Å². The Labute approximate surface area is 327 Å². The average molecular weight is 715 g/mol. The van der Waals surface area contributed by atoms with Crippen molar-refractivity contribution in [2.24, 2.45) is 0 Å². The van der Waals surface area contributed by atoms with Gasteiger partial charge in [0.05, 0.1) is 11.0 Å². The Morgan fingerprint density at radius 2 is 0.607 bits per heavy atom. The fraction of sp³-hybridized carbons (Fsp3) is 0. The highest BCUT2D eigenvalue weighted by molar-refractivity contribution is 6.09. The molecule has 1 heterocycles. The first-order valence-electron chi connectivity index (χ1n) is 19.2. The largest absolute Gasteiger partial charge is 0.310 e. The van der Waals surface area contributed by atoms with E-state index < -0.39 is 0 Å². The normalized spacial score (nSPS) is 11.2. The maximum Gasteiger partial charge on any atom is 0.0541 e. The van der Waals surface area contributed by atoms with Crippen LogP contribution in [0.15, 0.2) is 231 Å². The van der Waals surface area contributed by atoms with E-state index in [2.05, 4.69) is 240 Å². The standard InChI is InChI=1S/C54H38N2/c1-3-13-39(14-4-1)45-17-11-19-49(37-45)55(50-20-12-18-46(38-50)40-15-5-2-6-16-40)47-33-29-43(30-34-47)41-25-27-42(28-26-41)44-31-35-48(36-32-44)56-53-23-9-7-21-51(53)52-22-8-10-24-54(52)56/h1-38H. The number of para-hydroxylation sites is 2. The Hall–Kier alpha value is -7.42. The highest BCUT2D eigenvalue weighted by atomic mass is 15.1. The van der Waals surface area contributed by atoms with Crippen LogP contribution in [0.3, 0.4) is 0 Å². The highest BCUT2D eigenvalue weighted by Crippen LogP contribution is 2.39. The van der Waals surface area contributed by atoms with Gasteiger partial charge in [-0.3, -0.25) is 0 Å². The molecule has 1 aromatic heterocycles. The third-order valence-electron chi connectivity index (χ3n) is 10.8. The molecule has 0 aliphatic heterocycles. The second-order valence-corrected chi connectivity index (χ2v) is 14.2. The zero-order valence-corrected chi connectivity index (χ0v) is 30.8. The number of anilines is 3. The first kappa shape index (κ1) is 33.2. The third kappa shape index (κ3) is 6.24. The van der Waals surface area contributed by atoms with E-state index in [1.165, 1.54) is 66.3 Å². The summed E-state index contributed by atoms with van der Waals surface area (Å²) >= 11 is 0. The van der Waals surface area contributed by atoms with Crippen LogP contribution in [0, 0.1) is 0 Å². The summed E-state index contributed by atoms with van der Waals surface area (Å²) in [5.74, 6) is 0. The number of nitrogens with zero attached hydrogens (tertiary/aromatic N) is 2. The van der Waals surface area contributed by atoms with Gasteiger partial charge < -0.3 is 9.47 Å². The van der Waals surface area contributed by atoms with Gasteiger partial charge in [-0.1, -0.05) is 170 Å². The molecule has 0 atom stereocenters. The van der Waals surface area contributed by atoms with Gasteiger partial charge >= 0.3 is 0 Å². The average Bonchev–Trinajstić information content (AvgIpc) is 3.62. The number of rotatable bonds is 8. The van der Waals surface area contributed by atoms with E-state index in [0.29, 0.717) is 0 Å². The van der Waals surface area contributed by atoms with Crippen molar-refractivity contribution in [3.63, 3.8) is 0 Å². The monoisotopic (exact) mass is 714 g/mol. The van der Waals surface area contributed by atoms with Gasteiger partial charge in [-0.05, 0) is 105 Å². The van der Waals surface area contributed by atoms with Gasteiger partial charge in [0, 0.05) is 33.5 Å². The first-order chi connectivity index (χ1) is 27.8. The van der Waals surface area contributed by atoms with Gasteiger partial charge in [-0.2, -0.15) is 0 Å². The van der Waals surface area contributed by atoms with Crippen LogP contribution in [0.25, 0.3) is 72.0 Å². The van der Waals surface area contributed by atoms with Crippen LogP contribution >= 0.6 is 0 Å². The molecule has 2 heteroatoms. The maximum absolute atomic E-state index is 2.36. The van der Waals surface area contributed by atoms with Crippen LogP contribution in [-0.4, -0.2) is 4.57 Å². The van der Waals surface area contributed by atoms with Crippen LogP contribution in [0.1, 0.15) is 0 Å². The van der Waals surface area contributed by atoms with Gasteiger partial charge in [0.25, 0.3) is 0 Å². The smallest absolute Gasteiger partial charge is 0.0541 e. The summed E-state index contributed by atoms with van der Waals surface area (Å²) in [5.41, 5.74) is 16.5. The van der Waals surface area contributed by atoms with Crippen molar-refractivity contribution in [3.05, 3.63) is 231 Å². The van der Waals surface area contributed by atoms with Gasteiger partial charge in [0.15, 0.2) is 0 Å². The van der Waals surface area contributed by atoms with E-state index in [4.69, 9.17) is 0 Å². The van der Waals surface area contributed by atoms with Gasteiger partial charge in [0.2, 0.25) is 0 Å². The molecule has 0 spiro atoms. The summed E-state index contributed by atoms with van der Waals surface area (Å²) in [4.78, 5) is 2.36. The molecular formula is C54H38N2. The molecule has 0 N–H and O–H groups in total. The lowest BCUT2D eigenvalue weighted by molar-refractivity contribution is 1.18. The molecule has 0 fully saturated rings. The van der Waals surface area contributed by atoms with Crippen LogP contribution < -0.4 is 4.90 Å². The Morgan fingerprint density at radius 1 is 0.250 bits per heavy atom. The summed E-state index contributed by atoms with van der Waals surface area (Å²) < 4.78 is 2.36.